The first-order valence-corrected chi connectivity index (χ1v) is 8.27. The molecule has 0 bridgehead atoms. The van der Waals surface area contributed by atoms with Crippen LogP contribution in [0.15, 0.2) is 18.2 Å². The Morgan fingerprint density at radius 2 is 1.87 bits per heavy atom. The molecule has 0 N–H and O–H groups in total. The van der Waals surface area contributed by atoms with Crippen LogP contribution in [0.3, 0.4) is 0 Å². The summed E-state index contributed by atoms with van der Waals surface area (Å²) in [5, 5.41) is 0.642. The van der Waals surface area contributed by atoms with Gasteiger partial charge in [0.1, 0.15) is 0 Å². The van der Waals surface area contributed by atoms with Crippen molar-refractivity contribution in [3.05, 3.63) is 28.8 Å². The van der Waals surface area contributed by atoms with Crippen molar-refractivity contribution in [3.63, 3.8) is 0 Å². The van der Waals surface area contributed by atoms with E-state index >= 15 is 0 Å². The van der Waals surface area contributed by atoms with Gasteiger partial charge in [0.25, 0.3) is 0 Å². The molecular weight excluding hydrogens is 314 g/mol. The summed E-state index contributed by atoms with van der Waals surface area (Å²) in [6.07, 6.45) is 0.339. The molecule has 1 heterocycles. The van der Waals surface area contributed by atoms with Crippen LogP contribution in [0.4, 0.5) is 5.69 Å². The molecule has 0 atom stereocenters. The molecule has 0 spiro atoms. The van der Waals surface area contributed by atoms with Crippen LogP contribution in [0.2, 0.25) is 5.02 Å². The van der Waals surface area contributed by atoms with E-state index in [0.717, 1.165) is 37.4 Å². The summed E-state index contributed by atoms with van der Waals surface area (Å²) < 4.78 is 0. The molecule has 1 saturated heterocycles. The second-order valence-electron chi connectivity index (χ2n) is 6.04. The minimum Gasteiger partial charge on any atom is -0.340 e. The van der Waals surface area contributed by atoms with Gasteiger partial charge in [-0.1, -0.05) is 11.6 Å². The zero-order valence-electron chi connectivity index (χ0n) is 14.0. The largest absolute Gasteiger partial charge is 0.340 e. The van der Waals surface area contributed by atoms with Crippen molar-refractivity contribution in [3.8, 4) is 0 Å². The molecule has 2 amide bonds. The maximum Gasteiger partial charge on any atom is 0.224 e. The van der Waals surface area contributed by atoms with E-state index in [4.69, 9.17) is 11.6 Å². The molecule has 0 aromatic heterocycles. The monoisotopic (exact) mass is 337 g/mol. The van der Waals surface area contributed by atoms with Gasteiger partial charge in [0.15, 0.2) is 0 Å². The molecule has 1 fully saturated rings. The summed E-state index contributed by atoms with van der Waals surface area (Å²) in [4.78, 5) is 30.1. The number of benzene rings is 1. The van der Waals surface area contributed by atoms with Crippen molar-refractivity contribution in [1.82, 2.24) is 9.80 Å². The van der Waals surface area contributed by atoms with E-state index in [9.17, 15) is 9.59 Å². The Morgan fingerprint density at radius 1 is 1.22 bits per heavy atom. The van der Waals surface area contributed by atoms with E-state index in [1.807, 2.05) is 24.0 Å². The first-order chi connectivity index (χ1) is 10.9. The van der Waals surface area contributed by atoms with Gasteiger partial charge >= 0.3 is 0 Å². The van der Waals surface area contributed by atoms with E-state index < -0.39 is 0 Å². The Balaban J connectivity index is 2.00. The fourth-order valence-corrected chi connectivity index (χ4v) is 3.02. The lowest BCUT2D eigenvalue weighted by Crippen LogP contribution is -2.48. The minimum absolute atomic E-state index is 0.0680. The van der Waals surface area contributed by atoms with Crippen molar-refractivity contribution < 1.29 is 9.59 Å². The second kappa shape index (κ2) is 7.79. The van der Waals surface area contributed by atoms with Crippen LogP contribution < -0.4 is 4.90 Å². The lowest BCUT2D eigenvalue weighted by molar-refractivity contribution is -0.132. The van der Waals surface area contributed by atoms with Crippen molar-refractivity contribution in [2.75, 3.05) is 44.7 Å². The molecular formula is C17H24ClN3O2. The lowest BCUT2D eigenvalue weighted by atomic mass is 10.1. The van der Waals surface area contributed by atoms with Gasteiger partial charge in [0, 0.05) is 56.8 Å². The predicted octanol–water partition coefficient (Wildman–Crippen LogP) is 2.17. The first kappa shape index (κ1) is 17.8. The Labute approximate surface area is 142 Å². The van der Waals surface area contributed by atoms with Gasteiger partial charge in [-0.2, -0.15) is 0 Å². The number of piperazine rings is 1. The Kier molecular flexibility index (Phi) is 6.02. The zero-order chi connectivity index (χ0) is 17.0. The third-order valence-corrected chi connectivity index (χ3v) is 4.47. The molecule has 1 aromatic rings. The molecule has 0 radical (unpaired) electrons. The van der Waals surface area contributed by atoms with Crippen molar-refractivity contribution in [1.29, 1.82) is 0 Å². The molecule has 1 aromatic carbocycles. The topological polar surface area (TPSA) is 43.9 Å². The maximum absolute atomic E-state index is 12.4. The summed E-state index contributed by atoms with van der Waals surface area (Å²) in [5.74, 6) is 0.0394. The number of rotatable bonds is 4. The number of likely N-dealkylation sites (N-methyl/N-ethyl adjacent to an activating group) is 1. The van der Waals surface area contributed by atoms with Gasteiger partial charge < -0.3 is 14.7 Å². The summed E-state index contributed by atoms with van der Waals surface area (Å²) >= 11 is 5.97. The standard InChI is InChI=1S/C17H24ClN3O2/c1-13-12-15(18)4-5-16(13)21(14(2)22)7-6-17(23)20-10-8-19(3)9-11-20/h4-5,12H,6-11H2,1-3H3. The molecule has 5 nitrogen and oxygen atoms in total. The lowest BCUT2D eigenvalue weighted by Gasteiger charge is -2.33. The number of carbonyl (C=O) groups is 2. The fourth-order valence-electron chi connectivity index (χ4n) is 2.79. The third kappa shape index (κ3) is 4.69. The summed E-state index contributed by atoms with van der Waals surface area (Å²) in [6, 6.07) is 5.43. The molecule has 126 valence electrons. The Morgan fingerprint density at radius 3 is 2.43 bits per heavy atom. The molecule has 0 unspecified atom stereocenters. The molecule has 2 rings (SSSR count). The Bertz CT molecular complexity index is 583. The van der Waals surface area contributed by atoms with E-state index in [-0.39, 0.29) is 11.8 Å². The summed E-state index contributed by atoms with van der Waals surface area (Å²) in [7, 11) is 2.06. The van der Waals surface area contributed by atoms with Crippen LogP contribution in [0.25, 0.3) is 0 Å². The van der Waals surface area contributed by atoms with E-state index in [1.165, 1.54) is 6.92 Å². The number of carbonyl (C=O) groups excluding carboxylic acids is 2. The molecule has 6 heteroatoms. The first-order valence-electron chi connectivity index (χ1n) is 7.89. The smallest absolute Gasteiger partial charge is 0.224 e. The van der Waals surface area contributed by atoms with E-state index in [2.05, 4.69) is 11.9 Å². The number of halogens is 1. The number of amides is 2. The number of anilines is 1. The van der Waals surface area contributed by atoms with Crippen LogP contribution in [0.1, 0.15) is 18.9 Å². The highest BCUT2D eigenvalue weighted by Crippen LogP contribution is 2.24. The number of hydrogen-bond acceptors (Lipinski definition) is 3. The summed E-state index contributed by atoms with van der Waals surface area (Å²) in [6.45, 7) is 7.15. The minimum atomic E-state index is -0.0680. The van der Waals surface area contributed by atoms with Crippen molar-refractivity contribution in [2.45, 2.75) is 20.3 Å². The van der Waals surface area contributed by atoms with Gasteiger partial charge in [-0.25, -0.2) is 0 Å². The van der Waals surface area contributed by atoms with Crippen molar-refractivity contribution in [2.24, 2.45) is 0 Å². The Hall–Kier alpha value is -1.59. The normalized spacial score (nSPS) is 15.6. The zero-order valence-corrected chi connectivity index (χ0v) is 14.8. The van der Waals surface area contributed by atoms with E-state index in [1.54, 1.807) is 11.0 Å². The van der Waals surface area contributed by atoms with Gasteiger partial charge in [-0.05, 0) is 37.7 Å². The second-order valence-corrected chi connectivity index (χ2v) is 6.47. The average Bonchev–Trinajstić information content (AvgIpc) is 2.49. The maximum atomic E-state index is 12.4. The number of aryl methyl sites for hydroxylation is 1. The molecule has 0 aliphatic carbocycles. The van der Waals surface area contributed by atoms with Crippen LogP contribution in [0.5, 0.6) is 0 Å². The van der Waals surface area contributed by atoms with Crippen LogP contribution in [-0.4, -0.2) is 61.4 Å². The molecule has 23 heavy (non-hydrogen) atoms. The molecule has 1 aliphatic rings. The highest BCUT2D eigenvalue weighted by Gasteiger charge is 2.21. The number of nitrogens with zero attached hydrogens (tertiary/aromatic N) is 3. The molecule has 0 saturated carbocycles. The van der Waals surface area contributed by atoms with Crippen LogP contribution >= 0.6 is 11.6 Å². The van der Waals surface area contributed by atoms with E-state index in [0.29, 0.717) is 18.0 Å². The molecule has 1 aliphatic heterocycles. The van der Waals surface area contributed by atoms with Gasteiger partial charge in [-0.15, -0.1) is 0 Å². The average molecular weight is 338 g/mol. The quantitative estimate of drug-likeness (QED) is 0.845. The third-order valence-electron chi connectivity index (χ3n) is 4.24. The predicted molar refractivity (Wildman–Crippen MR) is 92.9 cm³/mol. The van der Waals surface area contributed by atoms with Gasteiger partial charge in [0.2, 0.25) is 11.8 Å². The van der Waals surface area contributed by atoms with Crippen LogP contribution in [-0.2, 0) is 9.59 Å². The highest BCUT2D eigenvalue weighted by molar-refractivity contribution is 6.30. The number of hydrogen-bond donors (Lipinski definition) is 0. The van der Waals surface area contributed by atoms with Crippen LogP contribution in [0, 0.1) is 6.92 Å². The van der Waals surface area contributed by atoms with Crippen molar-refractivity contribution >= 4 is 29.1 Å². The SMILES string of the molecule is CC(=O)N(CCC(=O)N1CCN(C)CC1)c1ccc(Cl)cc1C. The van der Waals surface area contributed by atoms with Gasteiger partial charge in [0.05, 0.1) is 0 Å². The fraction of sp³-hybridized carbons (Fsp3) is 0.529. The summed E-state index contributed by atoms with van der Waals surface area (Å²) in [5.41, 5.74) is 1.74. The highest BCUT2D eigenvalue weighted by atomic mass is 35.5. The van der Waals surface area contributed by atoms with Gasteiger partial charge in [-0.3, -0.25) is 9.59 Å².